The number of anilines is 1. The van der Waals surface area contributed by atoms with Crippen LogP contribution in [0.1, 0.15) is 42.7 Å². The third-order valence-corrected chi connectivity index (χ3v) is 5.57. The highest BCUT2D eigenvalue weighted by Gasteiger charge is 2.28. The highest BCUT2D eigenvalue weighted by molar-refractivity contribution is 6.34. The Kier molecular flexibility index (Phi) is 6.38. The van der Waals surface area contributed by atoms with Crippen LogP contribution in [0.5, 0.6) is 0 Å². The first kappa shape index (κ1) is 22.8. The van der Waals surface area contributed by atoms with Crippen LogP contribution in [0.4, 0.5) is 10.1 Å². The van der Waals surface area contributed by atoms with Gasteiger partial charge in [0, 0.05) is 18.1 Å². The second-order valence-electron chi connectivity index (χ2n) is 8.48. The van der Waals surface area contributed by atoms with Crippen molar-refractivity contribution >= 4 is 34.2 Å². The fourth-order valence-electron chi connectivity index (χ4n) is 3.49. The van der Waals surface area contributed by atoms with E-state index in [0.717, 1.165) is 5.56 Å². The molecule has 3 aromatic rings. The summed E-state index contributed by atoms with van der Waals surface area (Å²) in [5.41, 5.74) is 0.246. The minimum atomic E-state index is -1.35. The first-order valence-electron chi connectivity index (χ1n) is 9.73. The molecule has 8 heteroatoms. The van der Waals surface area contributed by atoms with Crippen molar-refractivity contribution in [3.63, 3.8) is 0 Å². The summed E-state index contributed by atoms with van der Waals surface area (Å²) in [5, 5.41) is 23.2. The van der Waals surface area contributed by atoms with Crippen LogP contribution in [0.25, 0.3) is 10.9 Å². The molecule has 1 aromatic heterocycles. The van der Waals surface area contributed by atoms with E-state index in [2.05, 4.69) is 5.32 Å². The molecule has 0 saturated heterocycles. The quantitative estimate of drug-likeness (QED) is 0.511. The fraction of sp³-hybridized carbons (Fsp3) is 0.304. The number of benzene rings is 2. The maximum absolute atomic E-state index is 13.1. The van der Waals surface area contributed by atoms with Gasteiger partial charge in [-0.1, -0.05) is 44.5 Å². The molecule has 0 amide bonds. The van der Waals surface area contributed by atoms with Gasteiger partial charge in [-0.15, -0.1) is 0 Å². The summed E-state index contributed by atoms with van der Waals surface area (Å²) < 4.78 is 14.7. The maximum atomic E-state index is 13.1. The van der Waals surface area contributed by atoms with Gasteiger partial charge in [0.1, 0.15) is 11.4 Å². The average Bonchev–Trinajstić information content (AvgIpc) is 2.69. The van der Waals surface area contributed by atoms with Gasteiger partial charge < -0.3 is 20.1 Å². The van der Waals surface area contributed by atoms with Crippen molar-refractivity contribution in [3.8, 4) is 0 Å². The molecule has 3 N–H and O–H groups in total. The van der Waals surface area contributed by atoms with Crippen LogP contribution >= 0.6 is 11.6 Å². The largest absolute Gasteiger partial charge is 0.477 e. The Morgan fingerprint density at radius 1 is 1.23 bits per heavy atom. The van der Waals surface area contributed by atoms with Gasteiger partial charge in [-0.3, -0.25) is 4.79 Å². The van der Waals surface area contributed by atoms with Crippen molar-refractivity contribution in [3.05, 3.63) is 74.8 Å². The number of rotatable bonds is 6. The third-order valence-electron chi connectivity index (χ3n) is 5.26. The van der Waals surface area contributed by atoms with E-state index in [4.69, 9.17) is 11.6 Å². The lowest BCUT2D eigenvalue weighted by atomic mass is 9.86. The van der Waals surface area contributed by atoms with Crippen LogP contribution in [0.2, 0.25) is 5.02 Å². The Balaban J connectivity index is 2.16. The minimum Gasteiger partial charge on any atom is -0.477 e. The number of aromatic carboxylic acids is 1. The van der Waals surface area contributed by atoms with E-state index in [1.54, 1.807) is 22.8 Å². The molecular formula is C23H24ClFN2O4. The number of aliphatic hydroxyl groups excluding tert-OH is 1. The fourth-order valence-corrected chi connectivity index (χ4v) is 3.72. The number of hydrogen-bond donors (Lipinski definition) is 3. The highest BCUT2D eigenvalue weighted by atomic mass is 35.5. The molecule has 1 atom stereocenters. The van der Waals surface area contributed by atoms with Crippen molar-refractivity contribution in [2.45, 2.75) is 33.4 Å². The Labute approximate surface area is 183 Å². The Hall–Kier alpha value is -2.90. The SMILES string of the molecule is CC(C)(C)[C@@H](CO)n1cc(C(=O)O)c(=O)c2cc(NCc3ccc(F)cc3)c(Cl)cc21. The van der Waals surface area contributed by atoms with E-state index >= 15 is 0 Å². The monoisotopic (exact) mass is 446 g/mol. The topological polar surface area (TPSA) is 91.6 Å². The molecule has 164 valence electrons. The average molecular weight is 447 g/mol. The van der Waals surface area contributed by atoms with Crippen LogP contribution in [0, 0.1) is 11.2 Å². The molecule has 0 fully saturated rings. The van der Waals surface area contributed by atoms with Crippen LogP contribution in [0.3, 0.4) is 0 Å². The summed E-state index contributed by atoms with van der Waals surface area (Å²) in [6.45, 7) is 5.83. The van der Waals surface area contributed by atoms with Crippen molar-refractivity contribution in [1.82, 2.24) is 4.57 Å². The molecule has 6 nitrogen and oxygen atoms in total. The van der Waals surface area contributed by atoms with Gasteiger partial charge in [-0.2, -0.15) is 0 Å². The summed E-state index contributed by atoms with van der Waals surface area (Å²) in [5.74, 6) is -1.69. The number of pyridine rings is 1. The lowest BCUT2D eigenvalue weighted by Crippen LogP contribution is -2.30. The van der Waals surface area contributed by atoms with E-state index in [0.29, 0.717) is 22.8 Å². The van der Waals surface area contributed by atoms with E-state index in [9.17, 15) is 24.2 Å². The van der Waals surface area contributed by atoms with Crippen LogP contribution in [0.15, 0.2) is 47.4 Å². The molecule has 0 unspecified atom stereocenters. The second-order valence-corrected chi connectivity index (χ2v) is 8.89. The van der Waals surface area contributed by atoms with E-state index in [-0.39, 0.29) is 23.4 Å². The Bertz CT molecular complexity index is 1180. The zero-order chi connectivity index (χ0) is 22.9. The number of aliphatic hydroxyl groups is 1. The molecular weight excluding hydrogens is 423 g/mol. The van der Waals surface area contributed by atoms with Gasteiger partial charge in [0.05, 0.1) is 28.9 Å². The zero-order valence-corrected chi connectivity index (χ0v) is 18.2. The van der Waals surface area contributed by atoms with Gasteiger partial charge >= 0.3 is 5.97 Å². The molecule has 0 bridgehead atoms. The standard InChI is InChI=1S/C23H24ClFN2O4/c1-23(2,3)20(12-28)27-11-16(22(30)31)21(29)15-8-18(17(24)9-19(15)27)26-10-13-4-6-14(25)7-5-13/h4-9,11,20,26,28H,10,12H2,1-3H3,(H,30,31)/t20-/m1/s1. The van der Waals surface area contributed by atoms with Crippen LogP contribution in [-0.2, 0) is 6.54 Å². The third kappa shape index (κ3) is 4.73. The second kappa shape index (κ2) is 8.69. The van der Waals surface area contributed by atoms with Crippen molar-refractivity contribution in [2.24, 2.45) is 5.41 Å². The number of hydrogen-bond acceptors (Lipinski definition) is 4. The Morgan fingerprint density at radius 3 is 2.42 bits per heavy atom. The summed E-state index contributed by atoms with van der Waals surface area (Å²) >= 11 is 6.47. The van der Waals surface area contributed by atoms with Crippen LogP contribution in [-0.4, -0.2) is 27.4 Å². The van der Waals surface area contributed by atoms with Gasteiger partial charge in [0.2, 0.25) is 5.43 Å². The summed E-state index contributed by atoms with van der Waals surface area (Å²) in [6.07, 6.45) is 1.26. The van der Waals surface area contributed by atoms with Gasteiger partial charge in [-0.25, -0.2) is 9.18 Å². The van der Waals surface area contributed by atoms with E-state index in [1.807, 2.05) is 20.8 Å². The number of carbonyl (C=O) groups is 1. The molecule has 3 rings (SSSR count). The highest BCUT2D eigenvalue weighted by Crippen LogP contribution is 2.35. The number of halogens is 2. The molecule has 2 aromatic carbocycles. The molecule has 0 spiro atoms. The number of nitrogens with zero attached hydrogens (tertiary/aromatic N) is 1. The van der Waals surface area contributed by atoms with Crippen LogP contribution < -0.4 is 10.7 Å². The summed E-state index contributed by atoms with van der Waals surface area (Å²) in [7, 11) is 0. The summed E-state index contributed by atoms with van der Waals surface area (Å²) in [6, 6.07) is 8.57. The summed E-state index contributed by atoms with van der Waals surface area (Å²) in [4.78, 5) is 24.6. The smallest absolute Gasteiger partial charge is 0.341 e. The molecule has 0 aliphatic rings. The molecule has 0 aliphatic heterocycles. The molecule has 0 radical (unpaired) electrons. The van der Waals surface area contributed by atoms with Crippen molar-refractivity contribution in [2.75, 3.05) is 11.9 Å². The number of fused-ring (bicyclic) bond motifs is 1. The maximum Gasteiger partial charge on any atom is 0.341 e. The predicted molar refractivity (Wildman–Crippen MR) is 119 cm³/mol. The first-order chi connectivity index (χ1) is 14.5. The van der Waals surface area contributed by atoms with E-state index in [1.165, 1.54) is 24.4 Å². The zero-order valence-electron chi connectivity index (χ0n) is 17.4. The number of carboxylic acids is 1. The van der Waals surface area contributed by atoms with Crippen molar-refractivity contribution < 1.29 is 19.4 Å². The lowest BCUT2D eigenvalue weighted by molar-refractivity contribution is 0.0692. The van der Waals surface area contributed by atoms with Gasteiger partial charge in [-0.05, 0) is 35.2 Å². The molecule has 1 heterocycles. The van der Waals surface area contributed by atoms with Crippen molar-refractivity contribution in [1.29, 1.82) is 0 Å². The van der Waals surface area contributed by atoms with Gasteiger partial charge in [0.15, 0.2) is 0 Å². The Morgan fingerprint density at radius 2 is 1.87 bits per heavy atom. The number of nitrogens with one attached hydrogen (secondary N) is 1. The lowest BCUT2D eigenvalue weighted by Gasteiger charge is -2.33. The predicted octanol–water partition coefficient (Wildman–Crippen LogP) is 4.68. The number of carboxylic acid groups (broad SMARTS) is 1. The van der Waals surface area contributed by atoms with Gasteiger partial charge in [0.25, 0.3) is 0 Å². The normalized spacial score (nSPS) is 12.7. The van der Waals surface area contributed by atoms with E-state index < -0.39 is 22.9 Å². The number of aromatic nitrogens is 1. The first-order valence-corrected chi connectivity index (χ1v) is 10.1. The molecule has 31 heavy (non-hydrogen) atoms. The molecule has 0 saturated carbocycles. The minimum absolute atomic E-state index is 0.175. The molecule has 0 aliphatic carbocycles.